The maximum atomic E-state index is 7.26. The van der Waals surface area contributed by atoms with Gasteiger partial charge in [0.15, 0.2) is 0 Å². The van der Waals surface area contributed by atoms with E-state index in [4.69, 9.17) is 6.57 Å². The summed E-state index contributed by atoms with van der Waals surface area (Å²) < 4.78 is 0. The Morgan fingerprint density at radius 2 is 2.00 bits per heavy atom. The minimum absolute atomic E-state index is 0.327. The van der Waals surface area contributed by atoms with Gasteiger partial charge < -0.3 is 4.85 Å². The summed E-state index contributed by atoms with van der Waals surface area (Å²) in [5.41, 5.74) is 0.800. The molecule has 1 aromatic rings. The van der Waals surface area contributed by atoms with E-state index in [0.29, 0.717) is 0 Å². The second-order valence-corrected chi connectivity index (χ2v) is 3.48. The van der Waals surface area contributed by atoms with Crippen molar-refractivity contribution in [2.75, 3.05) is 6.16 Å². The van der Waals surface area contributed by atoms with Crippen LogP contribution < -0.4 is 0 Å². The standard InChI is InChI=1S/C11H14NP/c1-3-11(9-13,12-2)10-7-5-4-6-8-10/h4-8H,3,9,13H2,1H3. The summed E-state index contributed by atoms with van der Waals surface area (Å²) in [6, 6.07) is 10.0. The summed E-state index contributed by atoms with van der Waals surface area (Å²) in [4.78, 5) is 3.76. The lowest BCUT2D eigenvalue weighted by atomic mass is 9.90. The Bertz CT molecular complexity index is 296. The molecule has 0 aliphatic rings. The van der Waals surface area contributed by atoms with E-state index in [9.17, 15) is 0 Å². The molecule has 0 N–H and O–H groups in total. The van der Waals surface area contributed by atoms with Gasteiger partial charge in [-0.3, -0.25) is 0 Å². The second-order valence-electron chi connectivity index (χ2n) is 3.07. The fourth-order valence-electron chi connectivity index (χ4n) is 1.40. The third-order valence-electron chi connectivity index (χ3n) is 2.45. The molecular weight excluding hydrogens is 177 g/mol. The van der Waals surface area contributed by atoms with Crippen LogP contribution in [0.3, 0.4) is 0 Å². The average molecular weight is 191 g/mol. The van der Waals surface area contributed by atoms with E-state index < -0.39 is 0 Å². The third-order valence-corrected chi connectivity index (χ3v) is 3.12. The van der Waals surface area contributed by atoms with Crippen molar-refractivity contribution in [1.82, 2.24) is 0 Å². The quantitative estimate of drug-likeness (QED) is 0.511. The SMILES string of the molecule is [C-]#[N+]C(CC)(CP)c1ccccc1. The van der Waals surface area contributed by atoms with Crippen LogP contribution in [0, 0.1) is 6.57 Å². The molecule has 0 fully saturated rings. The van der Waals surface area contributed by atoms with Gasteiger partial charge in [-0.25, -0.2) is 6.57 Å². The molecule has 0 aromatic heterocycles. The molecule has 0 aliphatic carbocycles. The maximum absolute atomic E-state index is 7.26. The van der Waals surface area contributed by atoms with E-state index in [1.165, 1.54) is 0 Å². The van der Waals surface area contributed by atoms with Gasteiger partial charge in [-0.05, 0) is 0 Å². The third kappa shape index (κ3) is 1.90. The lowest BCUT2D eigenvalue weighted by Crippen LogP contribution is -2.22. The number of benzene rings is 1. The van der Waals surface area contributed by atoms with Crippen LogP contribution in [0.4, 0.5) is 0 Å². The van der Waals surface area contributed by atoms with E-state index in [-0.39, 0.29) is 5.54 Å². The number of hydrogen-bond donors (Lipinski definition) is 0. The first-order valence-corrected chi connectivity index (χ1v) is 5.25. The molecule has 2 unspecified atom stereocenters. The number of nitrogens with zero attached hydrogens (tertiary/aromatic N) is 1. The molecular formula is C11H14NP. The molecule has 0 radical (unpaired) electrons. The van der Waals surface area contributed by atoms with Crippen molar-refractivity contribution in [3.63, 3.8) is 0 Å². The molecule has 0 saturated carbocycles. The fraction of sp³-hybridized carbons (Fsp3) is 0.364. The Balaban J connectivity index is 3.10. The van der Waals surface area contributed by atoms with Crippen LogP contribution >= 0.6 is 9.24 Å². The Labute approximate surface area is 82.2 Å². The lowest BCUT2D eigenvalue weighted by molar-refractivity contribution is 0.578. The van der Waals surface area contributed by atoms with Crippen molar-refractivity contribution in [1.29, 1.82) is 0 Å². The van der Waals surface area contributed by atoms with E-state index in [1.807, 2.05) is 30.3 Å². The number of rotatable bonds is 3. The first kappa shape index (κ1) is 10.2. The van der Waals surface area contributed by atoms with Gasteiger partial charge in [0.2, 0.25) is 0 Å². The summed E-state index contributed by atoms with van der Waals surface area (Å²) in [7, 11) is 2.67. The molecule has 0 aliphatic heterocycles. The minimum atomic E-state index is -0.327. The first-order chi connectivity index (χ1) is 6.29. The summed E-state index contributed by atoms with van der Waals surface area (Å²) in [6.07, 6.45) is 1.67. The zero-order chi connectivity index (χ0) is 9.73. The molecule has 13 heavy (non-hydrogen) atoms. The largest absolute Gasteiger partial charge is 0.305 e. The summed E-state index contributed by atoms with van der Waals surface area (Å²) >= 11 is 0. The van der Waals surface area contributed by atoms with Crippen molar-refractivity contribution < 1.29 is 0 Å². The lowest BCUT2D eigenvalue weighted by Gasteiger charge is -2.18. The molecule has 1 rings (SSSR count). The van der Waals surface area contributed by atoms with Crippen LogP contribution in [0.1, 0.15) is 18.9 Å². The van der Waals surface area contributed by atoms with Gasteiger partial charge in [-0.15, -0.1) is 9.24 Å². The Morgan fingerprint density at radius 3 is 2.38 bits per heavy atom. The highest BCUT2D eigenvalue weighted by atomic mass is 31.0. The van der Waals surface area contributed by atoms with Gasteiger partial charge in [-0.1, -0.05) is 37.3 Å². The molecule has 2 atom stereocenters. The molecule has 0 bridgehead atoms. The molecule has 1 nitrogen and oxygen atoms in total. The monoisotopic (exact) mass is 191 g/mol. The van der Waals surface area contributed by atoms with Crippen molar-refractivity contribution >= 4 is 9.24 Å². The zero-order valence-corrected chi connectivity index (χ0v) is 8.98. The normalized spacial score (nSPS) is 14.5. The maximum Gasteiger partial charge on any atom is 0.260 e. The molecule has 0 amide bonds. The topological polar surface area (TPSA) is 4.36 Å². The molecule has 0 spiro atoms. The second kappa shape index (κ2) is 4.40. The van der Waals surface area contributed by atoms with Crippen LogP contribution in [-0.2, 0) is 5.54 Å². The highest BCUT2D eigenvalue weighted by Gasteiger charge is 2.34. The molecule has 1 aromatic carbocycles. The van der Waals surface area contributed by atoms with Crippen LogP contribution in [0.15, 0.2) is 30.3 Å². The Kier molecular flexibility index (Phi) is 3.46. The Hall–Kier alpha value is -0.860. The summed E-state index contributed by atoms with van der Waals surface area (Å²) in [6.45, 7) is 9.32. The zero-order valence-electron chi connectivity index (χ0n) is 7.83. The van der Waals surface area contributed by atoms with Crippen LogP contribution in [-0.4, -0.2) is 6.16 Å². The van der Waals surface area contributed by atoms with Gasteiger partial charge in [0.1, 0.15) is 0 Å². The Morgan fingerprint density at radius 1 is 1.38 bits per heavy atom. The van der Waals surface area contributed by atoms with Gasteiger partial charge in [0, 0.05) is 18.1 Å². The highest BCUT2D eigenvalue weighted by Crippen LogP contribution is 2.31. The molecule has 0 heterocycles. The number of hydrogen-bond acceptors (Lipinski definition) is 0. The van der Waals surface area contributed by atoms with E-state index in [2.05, 4.69) is 21.0 Å². The van der Waals surface area contributed by atoms with Gasteiger partial charge in [-0.2, -0.15) is 0 Å². The molecule has 2 heteroatoms. The van der Waals surface area contributed by atoms with Crippen LogP contribution in [0.2, 0.25) is 0 Å². The fourth-order valence-corrected chi connectivity index (χ4v) is 2.02. The first-order valence-electron chi connectivity index (χ1n) is 4.43. The smallest absolute Gasteiger partial charge is 0.260 e. The molecule has 68 valence electrons. The van der Waals surface area contributed by atoms with Crippen molar-refractivity contribution in [3.8, 4) is 0 Å². The van der Waals surface area contributed by atoms with Gasteiger partial charge in [0.25, 0.3) is 5.54 Å². The predicted octanol–water partition coefficient (Wildman–Crippen LogP) is 3.09. The van der Waals surface area contributed by atoms with Crippen molar-refractivity contribution in [2.24, 2.45) is 0 Å². The van der Waals surface area contributed by atoms with Crippen molar-refractivity contribution in [3.05, 3.63) is 47.3 Å². The van der Waals surface area contributed by atoms with Crippen LogP contribution in [0.25, 0.3) is 4.85 Å². The minimum Gasteiger partial charge on any atom is -0.305 e. The summed E-state index contributed by atoms with van der Waals surface area (Å²) in [5, 5.41) is 0. The van der Waals surface area contributed by atoms with Crippen molar-refractivity contribution in [2.45, 2.75) is 18.9 Å². The molecule has 0 saturated heterocycles. The van der Waals surface area contributed by atoms with E-state index in [0.717, 1.165) is 18.1 Å². The van der Waals surface area contributed by atoms with Gasteiger partial charge >= 0.3 is 0 Å². The highest BCUT2D eigenvalue weighted by molar-refractivity contribution is 7.16. The summed E-state index contributed by atoms with van der Waals surface area (Å²) in [5.74, 6) is 0. The van der Waals surface area contributed by atoms with Gasteiger partial charge in [0.05, 0.1) is 0 Å². The van der Waals surface area contributed by atoms with E-state index in [1.54, 1.807) is 0 Å². The van der Waals surface area contributed by atoms with E-state index >= 15 is 0 Å². The van der Waals surface area contributed by atoms with Crippen LogP contribution in [0.5, 0.6) is 0 Å². The average Bonchev–Trinajstić information content (AvgIpc) is 2.23. The predicted molar refractivity (Wildman–Crippen MR) is 59.6 cm³/mol.